The van der Waals surface area contributed by atoms with Crippen LogP contribution in [0.15, 0.2) is 60.7 Å². The number of nitro groups is 1. The predicted molar refractivity (Wildman–Crippen MR) is 126 cm³/mol. The van der Waals surface area contributed by atoms with Crippen LogP contribution in [0.5, 0.6) is 0 Å². The van der Waals surface area contributed by atoms with E-state index in [4.69, 9.17) is 4.74 Å². The average molecular weight is 432 g/mol. The van der Waals surface area contributed by atoms with Gasteiger partial charge in [0.15, 0.2) is 0 Å². The van der Waals surface area contributed by atoms with Crippen LogP contribution in [0.4, 0.5) is 5.69 Å². The van der Waals surface area contributed by atoms with E-state index in [9.17, 15) is 14.9 Å². The number of non-ortho nitro benzene ring substituents is 1. The van der Waals surface area contributed by atoms with Gasteiger partial charge in [-0.15, -0.1) is 0 Å². The molecule has 0 radical (unpaired) electrons. The van der Waals surface area contributed by atoms with Gasteiger partial charge in [0.2, 0.25) is 0 Å². The predicted octanol–water partition coefficient (Wildman–Crippen LogP) is 6.97. The topological polar surface area (TPSA) is 69.4 Å². The Hall–Kier alpha value is -3.21. The van der Waals surface area contributed by atoms with E-state index in [1.807, 2.05) is 0 Å². The van der Waals surface area contributed by atoms with E-state index < -0.39 is 10.9 Å². The number of fused-ring (bicyclic) bond motifs is 1. The zero-order valence-corrected chi connectivity index (χ0v) is 18.5. The molecule has 0 unspecified atom stereocenters. The van der Waals surface area contributed by atoms with Crippen LogP contribution in [0.25, 0.3) is 10.8 Å². The molecule has 0 amide bonds. The summed E-state index contributed by atoms with van der Waals surface area (Å²) >= 11 is 0. The van der Waals surface area contributed by atoms with E-state index in [0.29, 0.717) is 5.56 Å². The van der Waals surface area contributed by atoms with Crippen molar-refractivity contribution in [2.24, 2.45) is 0 Å². The number of aryl methyl sites for hydroxylation is 1. The highest BCUT2D eigenvalue weighted by Crippen LogP contribution is 2.41. The van der Waals surface area contributed by atoms with Crippen molar-refractivity contribution in [1.29, 1.82) is 0 Å². The fourth-order valence-electron chi connectivity index (χ4n) is 4.86. The van der Waals surface area contributed by atoms with Gasteiger partial charge in [-0.1, -0.05) is 56.2 Å². The normalized spacial score (nSPS) is 18.4. The van der Waals surface area contributed by atoms with E-state index >= 15 is 0 Å². The van der Waals surface area contributed by atoms with Gasteiger partial charge in [0.05, 0.1) is 10.5 Å². The fraction of sp³-hybridized carbons (Fsp3) is 0.370. The van der Waals surface area contributed by atoms with Gasteiger partial charge < -0.3 is 4.74 Å². The third-order valence-electron chi connectivity index (χ3n) is 6.51. The van der Waals surface area contributed by atoms with Gasteiger partial charge in [-0.2, -0.15) is 0 Å². The van der Waals surface area contributed by atoms with Gasteiger partial charge in [-0.3, -0.25) is 10.1 Å². The minimum atomic E-state index is -0.468. The van der Waals surface area contributed by atoms with E-state index in [1.54, 1.807) is 0 Å². The summed E-state index contributed by atoms with van der Waals surface area (Å²) < 4.78 is 6.04. The Morgan fingerprint density at radius 1 is 1.03 bits per heavy atom. The zero-order valence-electron chi connectivity index (χ0n) is 18.5. The second kappa shape index (κ2) is 9.94. The summed E-state index contributed by atoms with van der Waals surface area (Å²) in [6.07, 6.45) is 7.07. The maximum absolute atomic E-state index is 12.9. The van der Waals surface area contributed by atoms with Crippen LogP contribution in [0.1, 0.15) is 72.9 Å². The highest BCUT2D eigenvalue weighted by molar-refractivity contribution is 5.90. The first-order chi connectivity index (χ1) is 15.6. The number of carbonyl (C=O) groups excluding carboxylic acids is 1. The number of nitro benzene ring substituents is 1. The summed E-state index contributed by atoms with van der Waals surface area (Å²) in [5.74, 6) is -0.254. The number of benzene rings is 3. The highest BCUT2D eigenvalue weighted by atomic mass is 16.6. The van der Waals surface area contributed by atoms with E-state index in [1.165, 1.54) is 46.2 Å². The number of rotatable bonds is 7. The molecule has 4 rings (SSSR count). The van der Waals surface area contributed by atoms with Crippen molar-refractivity contribution < 1.29 is 14.5 Å². The zero-order chi connectivity index (χ0) is 22.5. The lowest BCUT2D eigenvalue weighted by Crippen LogP contribution is -2.29. The lowest BCUT2D eigenvalue weighted by molar-refractivity contribution is -0.384. The molecular formula is C27H29NO4. The summed E-state index contributed by atoms with van der Waals surface area (Å²) in [7, 11) is 0. The van der Waals surface area contributed by atoms with E-state index in [0.717, 1.165) is 44.9 Å². The molecule has 0 N–H and O–H groups in total. The summed E-state index contributed by atoms with van der Waals surface area (Å²) in [4.78, 5) is 23.3. The third-order valence-corrected chi connectivity index (χ3v) is 6.51. The Morgan fingerprint density at radius 3 is 2.53 bits per heavy atom. The monoisotopic (exact) mass is 431 g/mol. The van der Waals surface area contributed by atoms with Crippen LogP contribution >= 0.6 is 0 Å². The lowest BCUT2D eigenvalue weighted by Gasteiger charge is -2.33. The van der Waals surface area contributed by atoms with Crippen molar-refractivity contribution in [1.82, 2.24) is 0 Å². The molecule has 32 heavy (non-hydrogen) atoms. The first kappa shape index (κ1) is 22.0. The Balaban J connectivity index is 1.65. The summed E-state index contributed by atoms with van der Waals surface area (Å²) in [5, 5.41) is 13.4. The number of ether oxygens (including phenoxy) is 1. The van der Waals surface area contributed by atoms with Gasteiger partial charge in [-0.05, 0) is 66.1 Å². The molecule has 0 bridgehead atoms. The molecule has 0 aromatic heterocycles. The van der Waals surface area contributed by atoms with Crippen LogP contribution < -0.4 is 0 Å². The molecule has 2 atom stereocenters. The Kier molecular flexibility index (Phi) is 6.84. The standard InChI is InChI=1S/C27H29NO4/c1-2-3-8-20-14-13-19-9-4-5-10-23(19)26(20)24-11-6-7-12-25(24)32-27(29)21-15-17-22(18-16-21)28(30)31/h4-5,9-10,13-18,24-25H,2-3,6-8,11-12H2,1H3/t24-,25+/m0/s1. The first-order valence-corrected chi connectivity index (χ1v) is 11.5. The van der Waals surface area contributed by atoms with Crippen molar-refractivity contribution in [3.05, 3.63) is 87.5 Å². The molecule has 1 saturated carbocycles. The maximum Gasteiger partial charge on any atom is 0.338 e. The second-order valence-corrected chi connectivity index (χ2v) is 8.60. The van der Waals surface area contributed by atoms with E-state index in [2.05, 4.69) is 43.3 Å². The van der Waals surface area contributed by atoms with Gasteiger partial charge in [0, 0.05) is 18.1 Å². The van der Waals surface area contributed by atoms with Gasteiger partial charge in [-0.25, -0.2) is 4.79 Å². The molecule has 166 valence electrons. The molecule has 1 fully saturated rings. The van der Waals surface area contributed by atoms with Gasteiger partial charge in [0.25, 0.3) is 5.69 Å². The number of carbonyl (C=O) groups is 1. The molecule has 1 aliphatic carbocycles. The summed E-state index contributed by atoms with van der Waals surface area (Å²) in [6, 6.07) is 18.6. The van der Waals surface area contributed by atoms with Crippen LogP contribution in [-0.4, -0.2) is 17.0 Å². The molecule has 1 aliphatic rings. The maximum atomic E-state index is 12.9. The Morgan fingerprint density at radius 2 is 1.78 bits per heavy atom. The lowest BCUT2D eigenvalue weighted by atomic mass is 9.77. The van der Waals surface area contributed by atoms with Crippen molar-refractivity contribution >= 4 is 22.4 Å². The summed E-state index contributed by atoms with van der Waals surface area (Å²) in [5.41, 5.74) is 3.00. The molecule has 3 aromatic carbocycles. The quantitative estimate of drug-likeness (QED) is 0.230. The molecule has 0 aliphatic heterocycles. The molecule has 3 aromatic rings. The summed E-state index contributed by atoms with van der Waals surface area (Å²) in [6.45, 7) is 2.20. The first-order valence-electron chi connectivity index (χ1n) is 11.5. The van der Waals surface area contributed by atoms with E-state index in [-0.39, 0.29) is 17.7 Å². The van der Waals surface area contributed by atoms with Crippen LogP contribution in [-0.2, 0) is 11.2 Å². The highest BCUT2D eigenvalue weighted by Gasteiger charge is 2.32. The number of nitrogens with zero attached hydrogens (tertiary/aromatic N) is 1. The number of hydrogen-bond acceptors (Lipinski definition) is 4. The number of esters is 1. The SMILES string of the molecule is CCCCc1ccc2ccccc2c1[C@H]1CCCC[C@H]1OC(=O)c1ccc([N+](=O)[O-])cc1. The minimum Gasteiger partial charge on any atom is -0.458 e. The van der Waals surface area contributed by atoms with Crippen LogP contribution in [0.3, 0.4) is 0 Å². The van der Waals surface area contributed by atoms with Crippen LogP contribution in [0, 0.1) is 10.1 Å². The van der Waals surface area contributed by atoms with Gasteiger partial charge in [0.1, 0.15) is 6.10 Å². The smallest absolute Gasteiger partial charge is 0.338 e. The average Bonchev–Trinajstić information content (AvgIpc) is 2.83. The molecular weight excluding hydrogens is 402 g/mol. The second-order valence-electron chi connectivity index (χ2n) is 8.60. The molecule has 5 nitrogen and oxygen atoms in total. The van der Waals surface area contributed by atoms with Crippen molar-refractivity contribution in [2.45, 2.75) is 63.9 Å². The molecule has 0 spiro atoms. The van der Waals surface area contributed by atoms with Crippen molar-refractivity contribution in [3.8, 4) is 0 Å². The molecule has 5 heteroatoms. The van der Waals surface area contributed by atoms with Crippen molar-refractivity contribution in [3.63, 3.8) is 0 Å². The van der Waals surface area contributed by atoms with Gasteiger partial charge >= 0.3 is 5.97 Å². The minimum absolute atomic E-state index is 0.0339. The third kappa shape index (κ3) is 4.67. The Bertz CT molecular complexity index is 1110. The largest absolute Gasteiger partial charge is 0.458 e. The number of unbranched alkanes of at least 4 members (excludes halogenated alkanes) is 1. The fourth-order valence-corrected chi connectivity index (χ4v) is 4.86. The van der Waals surface area contributed by atoms with Crippen molar-refractivity contribution in [2.75, 3.05) is 0 Å². The van der Waals surface area contributed by atoms with Crippen LogP contribution in [0.2, 0.25) is 0 Å². The number of hydrogen-bond donors (Lipinski definition) is 0. The molecule has 0 saturated heterocycles. The molecule has 0 heterocycles. The Labute approximate surface area is 188 Å².